The number of furan rings is 1. The third kappa shape index (κ3) is 2.40. The molecule has 0 saturated carbocycles. The van der Waals surface area contributed by atoms with Crippen molar-refractivity contribution in [3.8, 4) is 11.3 Å². The Morgan fingerprint density at radius 3 is 2.82 bits per heavy atom. The van der Waals surface area contributed by atoms with E-state index in [4.69, 9.17) is 20.8 Å². The van der Waals surface area contributed by atoms with E-state index in [9.17, 15) is 0 Å². The number of anilines is 1. The van der Waals surface area contributed by atoms with Gasteiger partial charge in [-0.2, -0.15) is 4.98 Å². The number of ether oxygens (including phenoxy) is 1. The Labute approximate surface area is 131 Å². The van der Waals surface area contributed by atoms with Crippen LogP contribution in [0.3, 0.4) is 0 Å². The zero-order valence-electron chi connectivity index (χ0n) is 11.7. The number of fused-ring (bicyclic) bond motifs is 1. The van der Waals surface area contributed by atoms with E-state index in [-0.39, 0.29) is 5.28 Å². The van der Waals surface area contributed by atoms with Crippen molar-refractivity contribution in [1.29, 1.82) is 0 Å². The Morgan fingerprint density at radius 1 is 1.18 bits per heavy atom. The average molecular weight is 317 g/mol. The smallest absolute Gasteiger partial charge is 0.225 e. The standard InChI is InChI=1S/C15H13ClN4O2/c16-15-18-11-8-10(12-2-1-5-22-12)9-17-13(11)14(19-15)20-3-6-21-7-4-20/h1-2,5,8-9H,3-4,6-7H2. The van der Waals surface area contributed by atoms with E-state index in [0.717, 1.165) is 35.7 Å². The van der Waals surface area contributed by atoms with E-state index in [1.807, 2.05) is 18.2 Å². The number of aromatic nitrogens is 3. The van der Waals surface area contributed by atoms with E-state index in [1.165, 1.54) is 0 Å². The molecule has 0 atom stereocenters. The van der Waals surface area contributed by atoms with Gasteiger partial charge in [-0.25, -0.2) is 9.97 Å². The van der Waals surface area contributed by atoms with Gasteiger partial charge in [-0.1, -0.05) is 0 Å². The van der Waals surface area contributed by atoms with Crippen LogP contribution in [-0.4, -0.2) is 41.3 Å². The predicted octanol–water partition coefficient (Wildman–Crippen LogP) is 2.77. The molecule has 0 spiro atoms. The van der Waals surface area contributed by atoms with Crippen molar-refractivity contribution in [2.45, 2.75) is 0 Å². The lowest BCUT2D eigenvalue weighted by molar-refractivity contribution is 0.122. The summed E-state index contributed by atoms with van der Waals surface area (Å²) in [5, 5.41) is 0.215. The van der Waals surface area contributed by atoms with Crippen LogP contribution in [0, 0.1) is 0 Å². The molecule has 0 bridgehead atoms. The summed E-state index contributed by atoms with van der Waals surface area (Å²) in [5.41, 5.74) is 2.30. The summed E-state index contributed by atoms with van der Waals surface area (Å²) in [6.07, 6.45) is 3.40. The second kappa shape index (κ2) is 5.55. The van der Waals surface area contributed by atoms with Crippen LogP contribution in [0.4, 0.5) is 5.82 Å². The lowest BCUT2D eigenvalue weighted by Gasteiger charge is -2.28. The number of hydrogen-bond donors (Lipinski definition) is 0. The largest absolute Gasteiger partial charge is 0.464 e. The first-order valence-corrected chi connectivity index (χ1v) is 7.39. The number of morpholine rings is 1. The molecule has 4 heterocycles. The average Bonchev–Trinajstić information content (AvgIpc) is 3.09. The van der Waals surface area contributed by atoms with Crippen LogP contribution in [0.25, 0.3) is 22.4 Å². The quantitative estimate of drug-likeness (QED) is 0.677. The molecule has 0 aromatic carbocycles. The molecular formula is C15H13ClN4O2. The van der Waals surface area contributed by atoms with Gasteiger partial charge in [-0.3, -0.25) is 0 Å². The predicted molar refractivity (Wildman–Crippen MR) is 83.1 cm³/mol. The van der Waals surface area contributed by atoms with Gasteiger partial charge in [0.15, 0.2) is 5.82 Å². The Balaban J connectivity index is 1.84. The maximum absolute atomic E-state index is 6.09. The molecule has 3 aromatic rings. The molecule has 1 saturated heterocycles. The minimum Gasteiger partial charge on any atom is -0.464 e. The molecule has 1 fully saturated rings. The number of pyridine rings is 1. The lowest BCUT2D eigenvalue weighted by atomic mass is 10.2. The first kappa shape index (κ1) is 13.5. The molecular weight excluding hydrogens is 304 g/mol. The van der Waals surface area contributed by atoms with Crippen LogP contribution in [0.5, 0.6) is 0 Å². The van der Waals surface area contributed by atoms with E-state index >= 15 is 0 Å². The first-order chi connectivity index (χ1) is 10.8. The van der Waals surface area contributed by atoms with Crippen molar-refractivity contribution in [3.05, 3.63) is 35.9 Å². The molecule has 1 aliphatic heterocycles. The van der Waals surface area contributed by atoms with Gasteiger partial charge < -0.3 is 14.1 Å². The second-order valence-electron chi connectivity index (χ2n) is 4.98. The fourth-order valence-corrected chi connectivity index (χ4v) is 2.72. The van der Waals surface area contributed by atoms with Crippen LogP contribution in [0.1, 0.15) is 0 Å². The molecule has 0 unspecified atom stereocenters. The number of nitrogens with zero attached hydrogens (tertiary/aromatic N) is 4. The van der Waals surface area contributed by atoms with Crippen LogP contribution >= 0.6 is 11.6 Å². The highest BCUT2D eigenvalue weighted by molar-refractivity contribution is 6.28. The number of rotatable bonds is 2. The normalized spacial score (nSPS) is 15.4. The van der Waals surface area contributed by atoms with Crippen molar-refractivity contribution in [3.63, 3.8) is 0 Å². The van der Waals surface area contributed by atoms with Crippen LogP contribution < -0.4 is 4.90 Å². The minimum absolute atomic E-state index is 0.215. The molecule has 112 valence electrons. The van der Waals surface area contributed by atoms with Gasteiger partial charge >= 0.3 is 0 Å². The zero-order chi connectivity index (χ0) is 14.9. The summed E-state index contributed by atoms with van der Waals surface area (Å²) >= 11 is 6.09. The van der Waals surface area contributed by atoms with Crippen LogP contribution in [-0.2, 0) is 4.74 Å². The van der Waals surface area contributed by atoms with Crippen molar-refractivity contribution in [1.82, 2.24) is 15.0 Å². The molecule has 4 rings (SSSR count). The first-order valence-electron chi connectivity index (χ1n) is 7.01. The molecule has 6 nitrogen and oxygen atoms in total. The van der Waals surface area contributed by atoms with E-state index in [1.54, 1.807) is 12.5 Å². The van der Waals surface area contributed by atoms with Gasteiger partial charge in [-0.15, -0.1) is 0 Å². The maximum Gasteiger partial charge on any atom is 0.225 e. The summed E-state index contributed by atoms with van der Waals surface area (Å²) in [4.78, 5) is 15.3. The summed E-state index contributed by atoms with van der Waals surface area (Å²) in [5.74, 6) is 1.50. The highest BCUT2D eigenvalue weighted by Gasteiger charge is 2.18. The summed E-state index contributed by atoms with van der Waals surface area (Å²) in [7, 11) is 0. The minimum atomic E-state index is 0.215. The number of halogens is 1. The van der Waals surface area contributed by atoms with Crippen molar-refractivity contribution in [2.24, 2.45) is 0 Å². The summed E-state index contributed by atoms with van der Waals surface area (Å²) in [6.45, 7) is 2.88. The molecule has 1 aliphatic rings. The molecule has 0 N–H and O–H groups in total. The van der Waals surface area contributed by atoms with Crippen LogP contribution in [0.2, 0.25) is 5.28 Å². The molecule has 0 radical (unpaired) electrons. The van der Waals surface area contributed by atoms with Gasteiger partial charge in [0.05, 0.1) is 25.0 Å². The second-order valence-corrected chi connectivity index (χ2v) is 5.32. The van der Waals surface area contributed by atoms with Crippen molar-refractivity contribution >= 4 is 28.5 Å². The number of hydrogen-bond acceptors (Lipinski definition) is 6. The Hall–Kier alpha value is -2.18. The topological polar surface area (TPSA) is 64.3 Å². The van der Waals surface area contributed by atoms with Gasteiger partial charge in [0.2, 0.25) is 5.28 Å². The molecule has 22 heavy (non-hydrogen) atoms. The SMILES string of the molecule is Clc1nc(N2CCOCC2)c2ncc(-c3ccco3)cc2n1. The summed E-state index contributed by atoms with van der Waals surface area (Å²) < 4.78 is 10.8. The van der Waals surface area contributed by atoms with Gasteiger partial charge in [-0.05, 0) is 29.8 Å². The summed E-state index contributed by atoms with van der Waals surface area (Å²) in [6, 6.07) is 5.64. The van der Waals surface area contributed by atoms with Crippen molar-refractivity contribution in [2.75, 3.05) is 31.2 Å². The third-order valence-corrected chi connectivity index (χ3v) is 3.78. The fourth-order valence-electron chi connectivity index (χ4n) is 2.55. The maximum atomic E-state index is 6.09. The Kier molecular flexibility index (Phi) is 3.40. The van der Waals surface area contributed by atoms with Gasteiger partial charge in [0.1, 0.15) is 11.3 Å². The Bertz CT molecular complexity index is 801. The zero-order valence-corrected chi connectivity index (χ0v) is 12.5. The molecule has 7 heteroatoms. The highest BCUT2D eigenvalue weighted by Crippen LogP contribution is 2.28. The highest BCUT2D eigenvalue weighted by atomic mass is 35.5. The van der Waals surface area contributed by atoms with E-state index in [0.29, 0.717) is 18.7 Å². The van der Waals surface area contributed by atoms with Gasteiger partial charge in [0, 0.05) is 24.8 Å². The molecule has 3 aromatic heterocycles. The van der Waals surface area contributed by atoms with E-state index in [2.05, 4.69) is 19.9 Å². The fraction of sp³-hybridized carbons (Fsp3) is 0.267. The molecule has 0 amide bonds. The van der Waals surface area contributed by atoms with Gasteiger partial charge in [0.25, 0.3) is 0 Å². The molecule has 0 aliphatic carbocycles. The van der Waals surface area contributed by atoms with E-state index < -0.39 is 0 Å². The third-order valence-electron chi connectivity index (χ3n) is 3.61. The lowest BCUT2D eigenvalue weighted by Crippen LogP contribution is -2.37. The monoisotopic (exact) mass is 316 g/mol. The van der Waals surface area contributed by atoms with Crippen molar-refractivity contribution < 1.29 is 9.15 Å². The Morgan fingerprint density at radius 2 is 2.05 bits per heavy atom. The van der Waals surface area contributed by atoms with Crippen LogP contribution in [0.15, 0.2) is 35.1 Å².